The van der Waals surface area contributed by atoms with Crippen LogP contribution in [0.3, 0.4) is 0 Å². The lowest BCUT2D eigenvalue weighted by atomic mass is 9.97. The van der Waals surface area contributed by atoms with Gasteiger partial charge in [-0.2, -0.15) is 0 Å². The number of ether oxygens (including phenoxy) is 1. The molecule has 184 valence electrons. The van der Waals surface area contributed by atoms with Crippen LogP contribution in [0.4, 0.5) is 10.3 Å². The standard InChI is InChI=1S/C24H30FN3O5S/c1-6-33-21(31)14-19(30)13-18(29)11-12-20-22(15(2)3)26-24(28(4)34(5)32)27-23(20)16-7-9-17(25)10-8-16/h7-12,15,18,29H,6,13-14H2,1-5H3/b12-11+/t18-,34?/m1/s1. The largest absolute Gasteiger partial charge is 0.466 e. The number of aliphatic hydroxyl groups is 1. The summed E-state index contributed by atoms with van der Waals surface area (Å²) in [6, 6.07) is 5.77. The van der Waals surface area contributed by atoms with Crippen molar-refractivity contribution >= 4 is 34.8 Å². The summed E-state index contributed by atoms with van der Waals surface area (Å²) in [5.41, 5.74) is 2.28. The van der Waals surface area contributed by atoms with E-state index in [0.29, 0.717) is 22.5 Å². The Bertz CT molecular complexity index is 1070. The van der Waals surface area contributed by atoms with E-state index in [9.17, 15) is 23.3 Å². The Morgan fingerprint density at radius 3 is 2.44 bits per heavy atom. The first-order valence-electron chi connectivity index (χ1n) is 10.8. The highest BCUT2D eigenvalue weighted by atomic mass is 32.2. The fourth-order valence-corrected chi connectivity index (χ4v) is 3.43. The first-order valence-corrected chi connectivity index (χ1v) is 12.3. The van der Waals surface area contributed by atoms with Crippen LogP contribution in [-0.2, 0) is 25.3 Å². The third-order valence-corrected chi connectivity index (χ3v) is 5.80. The lowest BCUT2D eigenvalue weighted by Crippen LogP contribution is -2.22. The van der Waals surface area contributed by atoms with Crippen molar-refractivity contribution in [1.29, 1.82) is 0 Å². The first kappa shape index (κ1) is 27.3. The lowest BCUT2D eigenvalue weighted by Gasteiger charge is -2.20. The molecule has 2 rings (SSSR count). The molecule has 34 heavy (non-hydrogen) atoms. The van der Waals surface area contributed by atoms with Gasteiger partial charge < -0.3 is 9.84 Å². The Labute approximate surface area is 201 Å². The molecule has 0 saturated heterocycles. The van der Waals surface area contributed by atoms with Crippen molar-refractivity contribution in [3.05, 3.63) is 47.4 Å². The Morgan fingerprint density at radius 2 is 1.88 bits per heavy atom. The number of hydrogen-bond donors (Lipinski definition) is 1. The number of hydrogen-bond acceptors (Lipinski definition) is 7. The second kappa shape index (κ2) is 12.5. The molecule has 0 aliphatic heterocycles. The number of nitrogens with zero attached hydrogens (tertiary/aromatic N) is 3. The molecule has 1 heterocycles. The van der Waals surface area contributed by atoms with Gasteiger partial charge in [-0.15, -0.1) is 0 Å². The average Bonchev–Trinajstić information content (AvgIpc) is 2.77. The van der Waals surface area contributed by atoms with Gasteiger partial charge in [-0.05, 0) is 37.1 Å². The van der Waals surface area contributed by atoms with Crippen LogP contribution in [0.25, 0.3) is 17.3 Å². The summed E-state index contributed by atoms with van der Waals surface area (Å²) in [6.07, 6.45) is 2.75. The minimum absolute atomic E-state index is 0.0677. The summed E-state index contributed by atoms with van der Waals surface area (Å²) in [6.45, 7) is 5.68. The van der Waals surface area contributed by atoms with E-state index in [1.165, 1.54) is 28.8 Å². The summed E-state index contributed by atoms with van der Waals surface area (Å²) in [4.78, 5) is 32.7. The number of Topliss-reactive ketones (excluding diaryl/α,β-unsaturated/α-hetero) is 1. The van der Waals surface area contributed by atoms with Crippen molar-refractivity contribution in [2.24, 2.45) is 0 Å². The zero-order valence-electron chi connectivity index (χ0n) is 19.9. The zero-order chi connectivity index (χ0) is 25.4. The Hall–Kier alpha value is -2.98. The van der Waals surface area contributed by atoms with Gasteiger partial charge >= 0.3 is 5.97 Å². The van der Waals surface area contributed by atoms with Gasteiger partial charge in [0.1, 0.15) is 29.0 Å². The molecule has 10 heteroatoms. The molecule has 0 radical (unpaired) electrons. The predicted molar refractivity (Wildman–Crippen MR) is 130 cm³/mol. The normalized spacial score (nSPS) is 13.2. The molecule has 0 fully saturated rings. The average molecular weight is 492 g/mol. The van der Waals surface area contributed by atoms with Crippen LogP contribution in [0.5, 0.6) is 0 Å². The van der Waals surface area contributed by atoms with E-state index in [1.54, 1.807) is 32.2 Å². The second-order valence-corrected chi connectivity index (χ2v) is 9.30. The predicted octanol–water partition coefficient (Wildman–Crippen LogP) is 3.42. The highest BCUT2D eigenvalue weighted by molar-refractivity contribution is 7.85. The molecule has 0 aliphatic rings. The number of ketones is 1. The van der Waals surface area contributed by atoms with Crippen LogP contribution < -0.4 is 4.31 Å². The van der Waals surface area contributed by atoms with Crippen molar-refractivity contribution in [2.45, 2.75) is 45.6 Å². The van der Waals surface area contributed by atoms with E-state index < -0.39 is 41.1 Å². The second-order valence-electron chi connectivity index (χ2n) is 7.91. The van der Waals surface area contributed by atoms with Crippen LogP contribution in [0.15, 0.2) is 30.3 Å². The summed E-state index contributed by atoms with van der Waals surface area (Å²) in [5, 5.41) is 10.4. The molecular formula is C24H30FN3O5S. The number of rotatable bonds is 11. The van der Waals surface area contributed by atoms with Gasteiger partial charge in [0.2, 0.25) is 5.95 Å². The monoisotopic (exact) mass is 491 g/mol. The molecule has 0 aliphatic carbocycles. The molecular weight excluding hydrogens is 461 g/mol. The minimum atomic E-state index is -1.37. The van der Waals surface area contributed by atoms with E-state index in [1.807, 2.05) is 13.8 Å². The SMILES string of the molecule is CCOC(=O)CC(=O)C[C@H](O)/C=C/c1c(-c2ccc(F)cc2)nc(N(C)S(C)=O)nc1C(C)C. The van der Waals surface area contributed by atoms with Gasteiger partial charge in [0.05, 0.1) is 24.1 Å². The van der Waals surface area contributed by atoms with Crippen molar-refractivity contribution < 1.29 is 28.0 Å². The van der Waals surface area contributed by atoms with Gasteiger partial charge in [-0.25, -0.2) is 18.6 Å². The Kier molecular flexibility index (Phi) is 10.0. The van der Waals surface area contributed by atoms with Crippen LogP contribution in [0, 0.1) is 5.82 Å². The van der Waals surface area contributed by atoms with E-state index in [-0.39, 0.29) is 24.9 Å². The molecule has 0 spiro atoms. The minimum Gasteiger partial charge on any atom is -0.466 e. The third kappa shape index (κ3) is 7.53. The highest BCUT2D eigenvalue weighted by Gasteiger charge is 2.20. The van der Waals surface area contributed by atoms with Crippen molar-refractivity contribution in [3.63, 3.8) is 0 Å². The van der Waals surface area contributed by atoms with Crippen LogP contribution in [-0.4, -0.2) is 57.1 Å². The van der Waals surface area contributed by atoms with Gasteiger partial charge in [0.15, 0.2) is 0 Å². The number of halogens is 1. The van der Waals surface area contributed by atoms with E-state index in [4.69, 9.17) is 4.74 Å². The molecule has 0 amide bonds. The Balaban J connectivity index is 2.48. The fraction of sp³-hybridized carbons (Fsp3) is 0.417. The quantitative estimate of drug-likeness (QED) is 0.379. The molecule has 1 aromatic heterocycles. The summed E-state index contributed by atoms with van der Waals surface area (Å²) < 4.78 is 31.8. The van der Waals surface area contributed by atoms with Crippen LogP contribution in [0.2, 0.25) is 0 Å². The van der Waals surface area contributed by atoms with E-state index in [0.717, 1.165) is 0 Å². The topological polar surface area (TPSA) is 110 Å². The Morgan fingerprint density at radius 1 is 1.24 bits per heavy atom. The smallest absolute Gasteiger partial charge is 0.313 e. The van der Waals surface area contributed by atoms with Crippen LogP contribution >= 0.6 is 0 Å². The van der Waals surface area contributed by atoms with Gasteiger partial charge in [0.25, 0.3) is 0 Å². The number of aromatic nitrogens is 2. The molecule has 2 atom stereocenters. The van der Waals surface area contributed by atoms with Gasteiger partial charge in [-0.1, -0.05) is 26.0 Å². The van der Waals surface area contributed by atoms with E-state index >= 15 is 0 Å². The maximum absolute atomic E-state index is 13.5. The summed E-state index contributed by atoms with van der Waals surface area (Å²) >= 11 is 0. The van der Waals surface area contributed by atoms with Crippen molar-refractivity contribution in [3.8, 4) is 11.3 Å². The third-order valence-electron chi connectivity index (χ3n) is 4.86. The first-order chi connectivity index (χ1) is 16.0. The molecule has 1 N–H and O–H groups in total. The van der Waals surface area contributed by atoms with Crippen molar-refractivity contribution in [2.75, 3.05) is 24.2 Å². The zero-order valence-corrected chi connectivity index (χ0v) is 20.8. The summed E-state index contributed by atoms with van der Waals surface area (Å²) in [7, 11) is 0.242. The summed E-state index contributed by atoms with van der Waals surface area (Å²) in [5.74, 6) is -1.31. The number of anilines is 1. The fourth-order valence-electron chi connectivity index (χ4n) is 3.12. The number of carbonyl (C=O) groups is 2. The maximum atomic E-state index is 13.5. The number of carbonyl (C=O) groups excluding carboxylic acids is 2. The van der Waals surface area contributed by atoms with Crippen molar-refractivity contribution in [1.82, 2.24) is 9.97 Å². The maximum Gasteiger partial charge on any atom is 0.313 e. The number of aliphatic hydroxyl groups excluding tert-OH is 1. The van der Waals surface area contributed by atoms with E-state index in [2.05, 4.69) is 9.97 Å². The molecule has 1 aromatic carbocycles. The molecule has 0 bridgehead atoms. The lowest BCUT2D eigenvalue weighted by molar-refractivity contribution is -0.145. The van der Waals surface area contributed by atoms with Gasteiger partial charge in [-0.3, -0.25) is 13.9 Å². The van der Waals surface area contributed by atoms with Gasteiger partial charge in [0, 0.05) is 30.9 Å². The number of benzene rings is 1. The molecule has 1 unspecified atom stereocenters. The number of esters is 1. The highest BCUT2D eigenvalue weighted by Crippen LogP contribution is 2.31. The molecule has 0 saturated carbocycles. The van der Waals surface area contributed by atoms with Crippen LogP contribution in [0.1, 0.15) is 50.8 Å². The molecule has 8 nitrogen and oxygen atoms in total. The molecule has 2 aromatic rings.